The van der Waals surface area contributed by atoms with Crippen LogP contribution in [-0.4, -0.2) is 51.3 Å². The SMILES string of the molecule is CC(C)(C)OC(=O)N1C[C@H](Oc2nccc3c(F)cccc23)C[C@H]1C(=O)O. The summed E-state index contributed by atoms with van der Waals surface area (Å²) in [5.74, 6) is -1.33. The highest BCUT2D eigenvalue weighted by molar-refractivity contribution is 5.87. The fraction of sp³-hybridized carbons (Fsp3) is 0.421. The number of amides is 1. The van der Waals surface area contributed by atoms with Gasteiger partial charge in [0.05, 0.1) is 6.54 Å². The van der Waals surface area contributed by atoms with Gasteiger partial charge in [0.15, 0.2) is 0 Å². The van der Waals surface area contributed by atoms with Gasteiger partial charge in [0.1, 0.15) is 23.6 Å². The van der Waals surface area contributed by atoms with Crippen LogP contribution in [0.15, 0.2) is 30.5 Å². The van der Waals surface area contributed by atoms with Crippen molar-refractivity contribution >= 4 is 22.8 Å². The molecular formula is C19H21FN2O5. The molecule has 27 heavy (non-hydrogen) atoms. The number of benzene rings is 1. The summed E-state index contributed by atoms with van der Waals surface area (Å²) in [6, 6.07) is 5.05. The van der Waals surface area contributed by atoms with E-state index in [1.165, 1.54) is 12.3 Å². The number of carbonyl (C=O) groups excluding carboxylic acids is 1. The number of aliphatic carboxylic acids is 1. The van der Waals surface area contributed by atoms with E-state index in [0.29, 0.717) is 10.8 Å². The van der Waals surface area contributed by atoms with Crippen molar-refractivity contribution in [2.75, 3.05) is 6.54 Å². The summed E-state index contributed by atoms with van der Waals surface area (Å²) in [6.45, 7) is 5.16. The first-order chi connectivity index (χ1) is 12.7. The second-order valence-corrected chi connectivity index (χ2v) is 7.41. The lowest BCUT2D eigenvalue weighted by atomic mass is 10.1. The van der Waals surface area contributed by atoms with Gasteiger partial charge >= 0.3 is 12.1 Å². The van der Waals surface area contributed by atoms with Gasteiger partial charge in [-0.1, -0.05) is 6.07 Å². The average molecular weight is 376 g/mol. The van der Waals surface area contributed by atoms with Crippen molar-refractivity contribution < 1.29 is 28.6 Å². The number of nitrogens with zero attached hydrogens (tertiary/aromatic N) is 2. The molecule has 1 amide bonds. The van der Waals surface area contributed by atoms with Gasteiger partial charge < -0.3 is 14.6 Å². The molecule has 1 saturated heterocycles. The van der Waals surface area contributed by atoms with Gasteiger partial charge in [0.25, 0.3) is 0 Å². The highest BCUT2D eigenvalue weighted by Crippen LogP contribution is 2.29. The van der Waals surface area contributed by atoms with Gasteiger partial charge in [-0.2, -0.15) is 0 Å². The summed E-state index contributed by atoms with van der Waals surface area (Å²) in [6.07, 6.45) is 0.204. The molecule has 1 N–H and O–H groups in total. The van der Waals surface area contributed by atoms with Crippen LogP contribution in [-0.2, 0) is 9.53 Å². The Morgan fingerprint density at radius 1 is 1.26 bits per heavy atom. The average Bonchev–Trinajstić information content (AvgIpc) is 2.99. The van der Waals surface area contributed by atoms with Crippen molar-refractivity contribution in [2.24, 2.45) is 0 Å². The third-order valence-electron chi connectivity index (χ3n) is 4.17. The van der Waals surface area contributed by atoms with Gasteiger partial charge in [-0.05, 0) is 39.0 Å². The summed E-state index contributed by atoms with van der Waals surface area (Å²) < 4.78 is 25.1. The molecule has 7 nitrogen and oxygen atoms in total. The minimum Gasteiger partial charge on any atom is -0.480 e. The van der Waals surface area contributed by atoms with Crippen LogP contribution in [0.3, 0.4) is 0 Å². The first kappa shape index (κ1) is 18.9. The summed E-state index contributed by atoms with van der Waals surface area (Å²) in [4.78, 5) is 29.2. The topological polar surface area (TPSA) is 89.0 Å². The van der Waals surface area contributed by atoms with E-state index in [1.807, 2.05) is 0 Å². The fourth-order valence-electron chi connectivity index (χ4n) is 3.03. The number of halogens is 1. The zero-order valence-electron chi connectivity index (χ0n) is 15.3. The number of carboxylic acids is 1. The first-order valence-electron chi connectivity index (χ1n) is 8.58. The van der Waals surface area contributed by atoms with Gasteiger partial charge in [0.2, 0.25) is 5.88 Å². The molecular weight excluding hydrogens is 355 g/mol. The van der Waals surface area contributed by atoms with Crippen LogP contribution in [0, 0.1) is 5.82 Å². The highest BCUT2D eigenvalue weighted by atomic mass is 19.1. The zero-order valence-corrected chi connectivity index (χ0v) is 15.3. The first-order valence-corrected chi connectivity index (χ1v) is 8.58. The number of ether oxygens (including phenoxy) is 2. The maximum Gasteiger partial charge on any atom is 0.411 e. The minimum absolute atomic E-state index is 0.0409. The van der Waals surface area contributed by atoms with E-state index in [4.69, 9.17) is 9.47 Å². The number of hydrogen-bond donors (Lipinski definition) is 1. The molecule has 2 aromatic rings. The third-order valence-corrected chi connectivity index (χ3v) is 4.17. The standard InChI is InChI=1S/C19H21FN2O5/c1-19(2,3)27-18(25)22-10-11(9-15(22)17(23)24)26-16-13-5-4-6-14(20)12(13)7-8-21-16/h4-8,11,15H,9-10H2,1-3H3,(H,23,24)/t11-,15+/m1/s1. The lowest BCUT2D eigenvalue weighted by Crippen LogP contribution is -2.43. The minimum atomic E-state index is -1.14. The Labute approximate surface area is 155 Å². The number of likely N-dealkylation sites (tertiary alicyclic amines) is 1. The molecule has 0 aliphatic carbocycles. The molecule has 1 aliphatic heterocycles. The molecule has 8 heteroatoms. The van der Waals surface area contributed by atoms with Crippen LogP contribution in [0.2, 0.25) is 0 Å². The Morgan fingerprint density at radius 2 is 2.00 bits per heavy atom. The fourth-order valence-corrected chi connectivity index (χ4v) is 3.03. The molecule has 0 saturated carbocycles. The Morgan fingerprint density at radius 3 is 2.67 bits per heavy atom. The summed E-state index contributed by atoms with van der Waals surface area (Å²) in [7, 11) is 0. The lowest BCUT2D eigenvalue weighted by molar-refractivity contribution is -0.142. The molecule has 0 radical (unpaired) electrons. The number of carboxylic acid groups (broad SMARTS) is 1. The zero-order chi connectivity index (χ0) is 19.8. The maximum absolute atomic E-state index is 13.9. The molecule has 2 heterocycles. The molecule has 1 aromatic heterocycles. The van der Waals surface area contributed by atoms with Gasteiger partial charge in [-0.15, -0.1) is 0 Å². The molecule has 3 rings (SSSR count). The van der Waals surface area contributed by atoms with Crippen LogP contribution >= 0.6 is 0 Å². The molecule has 0 bridgehead atoms. The molecule has 2 atom stereocenters. The predicted molar refractivity (Wildman–Crippen MR) is 95.1 cm³/mol. The van der Waals surface area contributed by atoms with Crippen LogP contribution in [0.25, 0.3) is 10.8 Å². The summed E-state index contributed by atoms with van der Waals surface area (Å²) in [5.41, 5.74) is -0.742. The van der Waals surface area contributed by atoms with E-state index >= 15 is 0 Å². The monoisotopic (exact) mass is 376 g/mol. The Bertz CT molecular complexity index is 880. The largest absolute Gasteiger partial charge is 0.480 e. The maximum atomic E-state index is 13.9. The lowest BCUT2D eigenvalue weighted by Gasteiger charge is -2.26. The van der Waals surface area contributed by atoms with Crippen LogP contribution in [0.5, 0.6) is 5.88 Å². The third kappa shape index (κ3) is 4.10. The highest BCUT2D eigenvalue weighted by Gasteiger charge is 2.43. The van der Waals surface area contributed by atoms with E-state index in [0.717, 1.165) is 4.90 Å². The molecule has 1 aromatic carbocycles. The number of hydrogen-bond acceptors (Lipinski definition) is 5. The smallest absolute Gasteiger partial charge is 0.411 e. The summed E-state index contributed by atoms with van der Waals surface area (Å²) >= 11 is 0. The Kier molecular flexibility index (Phi) is 4.91. The number of rotatable bonds is 3. The Hall–Kier alpha value is -2.90. The molecule has 1 fully saturated rings. The second-order valence-electron chi connectivity index (χ2n) is 7.41. The van der Waals surface area contributed by atoms with Crippen LogP contribution in [0.1, 0.15) is 27.2 Å². The Balaban J connectivity index is 1.82. The number of pyridine rings is 1. The predicted octanol–water partition coefficient (Wildman–Crippen LogP) is 3.22. The van der Waals surface area contributed by atoms with Crippen molar-refractivity contribution in [3.8, 4) is 5.88 Å². The quantitative estimate of drug-likeness (QED) is 0.885. The molecule has 0 unspecified atom stereocenters. The van der Waals surface area contributed by atoms with Gasteiger partial charge in [-0.25, -0.2) is 19.0 Å². The van der Waals surface area contributed by atoms with E-state index in [1.54, 1.807) is 39.0 Å². The van der Waals surface area contributed by atoms with Gasteiger partial charge in [-0.3, -0.25) is 4.90 Å². The molecule has 144 valence electrons. The van der Waals surface area contributed by atoms with E-state index in [-0.39, 0.29) is 18.8 Å². The van der Waals surface area contributed by atoms with Gasteiger partial charge in [0, 0.05) is 23.4 Å². The number of carbonyl (C=O) groups is 2. The van der Waals surface area contributed by atoms with Crippen LogP contribution in [0.4, 0.5) is 9.18 Å². The molecule has 0 spiro atoms. The second kappa shape index (κ2) is 7.02. The van der Waals surface area contributed by atoms with E-state index < -0.39 is 35.6 Å². The number of fused-ring (bicyclic) bond motifs is 1. The van der Waals surface area contributed by atoms with Crippen molar-refractivity contribution in [1.82, 2.24) is 9.88 Å². The summed E-state index contributed by atoms with van der Waals surface area (Å²) in [5, 5.41) is 10.3. The van der Waals surface area contributed by atoms with Crippen molar-refractivity contribution in [2.45, 2.75) is 44.9 Å². The normalized spacial score (nSPS) is 19.9. The molecule has 1 aliphatic rings. The number of aromatic nitrogens is 1. The van der Waals surface area contributed by atoms with E-state index in [2.05, 4.69) is 4.98 Å². The van der Waals surface area contributed by atoms with E-state index in [9.17, 15) is 19.1 Å². The van der Waals surface area contributed by atoms with Crippen molar-refractivity contribution in [3.05, 3.63) is 36.3 Å². The van der Waals surface area contributed by atoms with Crippen LogP contribution < -0.4 is 4.74 Å². The van der Waals surface area contributed by atoms with Crippen molar-refractivity contribution in [3.63, 3.8) is 0 Å². The van der Waals surface area contributed by atoms with Crippen molar-refractivity contribution in [1.29, 1.82) is 0 Å².